The van der Waals surface area contributed by atoms with Crippen LogP contribution in [0.3, 0.4) is 0 Å². The summed E-state index contributed by atoms with van der Waals surface area (Å²) in [6.07, 6.45) is 0. The molecule has 10 aromatic rings. The first kappa shape index (κ1) is 47.8. The summed E-state index contributed by atoms with van der Waals surface area (Å²) >= 11 is 1.12. The summed E-state index contributed by atoms with van der Waals surface area (Å²) in [5.41, 5.74) is -0.997. The van der Waals surface area contributed by atoms with Gasteiger partial charge >= 0.3 is 0 Å². The van der Waals surface area contributed by atoms with E-state index in [0.29, 0.717) is 20.2 Å². The van der Waals surface area contributed by atoms with E-state index >= 15 is 0 Å². The molecule has 0 fully saturated rings. The van der Waals surface area contributed by atoms with Crippen LogP contribution >= 0.6 is 11.3 Å². The second kappa shape index (κ2) is 15.8. The molecule has 0 bridgehead atoms. The number of hydrogen-bond donors (Lipinski definition) is 0. The molecule has 2 aromatic heterocycles. The third kappa shape index (κ3) is 5.79. The summed E-state index contributed by atoms with van der Waals surface area (Å²) in [6, 6.07) is 0. The maximum atomic E-state index is 7.24. The van der Waals surface area contributed by atoms with Gasteiger partial charge in [-0.05, 0) is 76.3 Å². The average Bonchev–Trinajstić information content (AvgIpc) is 3.92. The zero-order chi connectivity index (χ0) is 49.7. The molecule has 0 aliphatic carbocycles. The molecule has 0 aliphatic heterocycles. The van der Waals surface area contributed by atoms with E-state index in [1.807, 2.05) is 0 Å². The molecule has 8 aromatic carbocycles. The van der Waals surface area contributed by atoms with Crippen LogP contribution in [0.5, 0.6) is 0 Å². The predicted molar refractivity (Wildman–Crippen MR) is 319 cm³/mol. The molecule has 0 spiro atoms. The van der Waals surface area contributed by atoms with Gasteiger partial charge in [0.25, 0.3) is 0 Å². The van der Waals surface area contributed by atoms with Crippen LogP contribution in [0.1, 0.15) is 0 Å². The third-order valence-corrected chi connectivity index (χ3v) is 14.7. The quantitative estimate of drug-likeness (QED) is 0.125. The molecule has 0 saturated heterocycles. The number of benzene rings is 8. The second-order valence-electron chi connectivity index (χ2n) is 16.7. The molecule has 0 amide bonds. The molecule has 10 rings (SSSR count). The minimum atomic E-state index is -0.151. The molecule has 0 unspecified atom stereocenters. The van der Waals surface area contributed by atoms with Crippen molar-refractivity contribution in [2.45, 2.75) is 0 Å². The van der Waals surface area contributed by atoms with Gasteiger partial charge in [0.1, 0.15) is 199 Å². The maximum Gasteiger partial charge on any atom is 0.128 e. The Bertz CT molecular complexity index is 4050. The number of thiophene rings is 1. The van der Waals surface area contributed by atoms with Gasteiger partial charge in [0.15, 0.2) is 0 Å². The van der Waals surface area contributed by atoms with Gasteiger partial charge in [-0.25, -0.2) is 0 Å². The topological polar surface area (TPSA) is 13.1 Å². The number of hydrogen-bond acceptors (Lipinski definition) is 2. The number of rotatable bonds is 2. The Balaban J connectivity index is 1.50. The van der Waals surface area contributed by atoms with E-state index in [1.165, 1.54) is 0 Å². The molecule has 26 heteroatoms. The van der Waals surface area contributed by atoms with Crippen molar-refractivity contribution in [1.29, 1.82) is 0 Å². The highest BCUT2D eigenvalue weighted by Gasteiger charge is 2.31. The maximum absolute atomic E-state index is 7.24. The number of fused-ring (bicyclic) bond motifs is 9. The van der Waals surface area contributed by atoms with Crippen molar-refractivity contribution in [3.05, 3.63) is 0 Å². The zero-order valence-corrected chi connectivity index (χ0v) is 36.5. The van der Waals surface area contributed by atoms with Crippen molar-refractivity contribution < 1.29 is 4.42 Å². The molecule has 0 saturated carbocycles. The van der Waals surface area contributed by atoms with Crippen LogP contribution in [0.4, 0.5) is 0 Å². The molecule has 68 heavy (non-hydrogen) atoms. The lowest BCUT2D eigenvalue weighted by molar-refractivity contribution is 0.675. The fraction of sp³-hybridized carbons (Fsp3) is 0. The van der Waals surface area contributed by atoms with Crippen LogP contribution in [-0.4, -0.2) is 188 Å². The summed E-state index contributed by atoms with van der Waals surface area (Å²) in [5, 5.41) is 1.66. The van der Waals surface area contributed by atoms with Gasteiger partial charge in [0.05, 0.1) is 0 Å². The highest BCUT2D eigenvalue weighted by molar-refractivity contribution is 7.28. The standard InChI is InChI=1S/C42B24OS/c43-15-8-9(22(50)35(63)34(62)21(8)49)28(56)39-10(15)11-23(51)20(48)7(27(55)40(11)67-39)1-3-5(18(46)32(60)30(58)16(3)44)2(6-4(1)17(45)31(59)33(61)19(6)47)12-24(52)29(57)25(53)13-14-26(54)36(64)37(65)38(66)42(14)68-41(12)13. The normalized spacial score (nSPS) is 12.1. The van der Waals surface area contributed by atoms with E-state index in [4.69, 9.17) is 193 Å². The Morgan fingerprint density at radius 3 is 0.897 bits per heavy atom. The van der Waals surface area contributed by atoms with Gasteiger partial charge < -0.3 is 4.42 Å². The third-order valence-electron chi connectivity index (χ3n) is 13.4. The van der Waals surface area contributed by atoms with Crippen LogP contribution in [0.2, 0.25) is 0 Å². The fourth-order valence-corrected chi connectivity index (χ4v) is 11.2. The van der Waals surface area contributed by atoms with E-state index < -0.39 is 0 Å². The second-order valence-corrected chi connectivity index (χ2v) is 17.7. The monoisotopic (exact) mass is 816 g/mol. The van der Waals surface area contributed by atoms with Crippen molar-refractivity contribution >= 4 is 405 Å². The fourth-order valence-electron chi connectivity index (χ4n) is 9.84. The molecule has 2 heterocycles. The van der Waals surface area contributed by atoms with Crippen LogP contribution in [0, 0.1) is 0 Å². The lowest BCUT2D eigenvalue weighted by Crippen LogP contribution is -2.50. The molecule has 252 valence electrons. The smallest absolute Gasteiger partial charge is 0.128 e. The summed E-state index contributed by atoms with van der Waals surface area (Å²) in [7, 11) is 162. The van der Waals surface area contributed by atoms with Crippen LogP contribution in [0.15, 0.2) is 4.42 Å². The van der Waals surface area contributed by atoms with E-state index in [1.54, 1.807) is 0 Å². The van der Waals surface area contributed by atoms with Crippen molar-refractivity contribution in [1.82, 2.24) is 0 Å². The van der Waals surface area contributed by atoms with Crippen LogP contribution < -0.4 is 131 Å². The lowest BCUT2D eigenvalue weighted by atomic mass is 9.57. The van der Waals surface area contributed by atoms with Gasteiger partial charge in [-0.3, -0.25) is 0 Å². The first-order chi connectivity index (χ1) is 31.8. The minimum absolute atomic E-state index is 0.00361. The summed E-state index contributed by atoms with van der Waals surface area (Å²) in [6.45, 7) is 0. The van der Waals surface area contributed by atoms with E-state index in [2.05, 4.69) is 0 Å². The summed E-state index contributed by atoms with van der Waals surface area (Å²) in [4.78, 5) is 0. The van der Waals surface area contributed by atoms with Gasteiger partial charge in [-0.2, -0.15) is 0 Å². The van der Waals surface area contributed by atoms with Crippen LogP contribution in [-0.2, 0) is 0 Å². The Labute approximate surface area is 428 Å². The van der Waals surface area contributed by atoms with Crippen LogP contribution in [0.25, 0.3) is 96.7 Å². The first-order valence-corrected chi connectivity index (χ1v) is 20.8. The minimum Gasteiger partial charge on any atom is -0.457 e. The van der Waals surface area contributed by atoms with Gasteiger partial charge in [0.2, 0.25) is 0 Å². The van der Waals surface area contributed by atoms with Gasteiger partial charge in [-0.15, -0.1) is 60.5 Å². The van der Waals surface area contributed by atoms with E-state index in [-0.39, 0.29) is 208 Å². The zero-order valence-electron chi connectivity index (χ0n) is 35.7. The lowest BCUT2D eigenvalue weighted by Gasteiger charge is -2.31. The van der Waals surface area contributed by atoms with Gasteiger partial charge in [0, 0.05) is 20.2 Å². The molecule has 0 aliphatic rings. The Morgan fingerprint density at radius 1 is 0.176 bits per heavy atom. The van der Waals surface area contributed by atoms with Crippen molar-refractivity contribution in [2.75, 3.05) is 0 Å². The summed E-state index contributed by atoms with van der Waals surface area (Å²) in [5.74, 6) is 0. The van der Waals surface area contributed by atoms with Crippen molar-refractivity contribution in [3.63, 3.8) is 0 Å². The first-order valence-electron chi connectivity index (χ1n) is 20.0. The molecular weight excluding hydrogens is 812 g/mol. The molecule has 0 atom stereocenters. The Morgan fingerprint density at radius 2 is 0.456 bits per heavy atom. The Hall–Kier alpha value is -3.88. The van der Waals surface area contributed by atoms with E-state index in [0.717, 1.165) is 11.3 Å². The molecule has 0 N–H and O–H groups in total. The molecule has 1 nitrogen and oxygen atoms in total. The summed E-state index contributed by atoms with van der Waals surface area (Å²) < 4.78 is 7.28. The number of furan rings is 1. The van der Waals surface area contributed by atoms with E-state index in [9.17, 15) is 0 Å². The highest BCUT2D eigenvalue weighted by Crippen LogP contribution is 2.44. The predicted octanol–water partition coefficient (Wildman–Crippen LogP) is -16.2. The Kier molecular flexibility index (Phi) is 11.1. The van der Waals surface area contributed by atoms with Gasteiger partial charge in [-0.1, -0.05) is 71.0 Å². The van der Waals surface area contributed by atoms with Crippen molar-refractivity contribution in [3.8, 4) is 22.3 Å². The largest absolute Gasteiger partial charge is 0.457 e. The molecule has 48 radical (unpaired) electrons. The SMILES string of the molecule is [B]c1c([B])c([B])c2c(sc3c(-c4c5c([B])c([B])c([B])c([B])c5c(-c5c([B])c([B])c6c(oc7c([B])c8c([B])c([B])c([B])c([B])c8c([B])c76)c5[B])c5c([B])c([B])c([B])c([B])c45)c([B])c([B])c([B])c32)c1[B]. The van der Waals surface area contributed by atoms with Crippen molar-refractivity contribution in [2.24, 2.45) is 0 Å². The average molecular weight is 812 g/mol. The highest BCUT2D eigenvalue weighted by atomic mass is 32.1. The molecular formula is C42B24OS.